The van der Waals surface area contributed by atoms with Crippen LogP contribution in [-0.4, -0.2) is 50.6 Å². The number of phenols is 3. The van der Waals surface area contributed by atoms with Crippen molar-refractivity contribution in [1.82, 2.24) is 0 Å². The molecule has 2 aromatic carbocycles. The fourth-order valence-electron chi connectivity index (χ4n) is 2.92. The molecule has 2 aromatic rings. The standard InChI is InChI=1S/C20H22O7/c21-11-17-8-16(24)10-19(26-17)27-20-13(7-15(23)9-18(20)25)4-1-12-2-5-14(22)6-3-12/h1-7,9,16-17,19,21-25H,8,10-11H2/b4-1+. The average Bonchev–Trinajstić information content (AvgIpc) is 2.63. The molecule has 0 aliphatic carbocycles. The highest BCUT2D eigenvalue weighted by Gasteiger charge is 2.30. The van der Waals surface area contributed by atoms with Gasteiger partial charge in [-0.25, -0.2) is 0 Å². The molecule has 3 rings (SSSR count). The van der Waals surface area contributed by atoms with Crippen molar-refractivity contribution >= 4 is 12.2 Å². The fourth-order valence-corrected chi connectivity index (χ4v) is 2.92. The van der Waals surface area contributed by atoms with Gasteiger partial charge in [0, 0.05) is 24.5 Å². The number of aliphatic hydroxyl groups excluding tert-OH is 2. The summed E-state index contributed by atoms with van der Waals surface area (Å²) < 4.78 is 11.3. The van der Waals surface area contributed by atoms with Crippen LogP contribution in [0.4, 0.5) is 0 Å². The molecule has 7 nitrogen and oxygen atoms in total. The first kappa shape index (κ1) is 19.0. The number of phenolic OH excluding ortho intramolecular Hbond substituents is 3. The van der Waals surface area contributed by atoms with Crippen molar-refractivity contribution in [3.63, 3.8) is 0 Å². The van der Waals surface area contributed by atoms with Gasteiger partial charge in [0.1, 0.15) is 11.5 Å². The summed E-state index contributed by atoms with van der Waals surface area (Å²) >= 11 is 0. The van der Waals surface area contributed by atoms with Crippen LogP contribution >= 0.6 is 0 Å². The number of benzene rings is 2. The minimum atomic E-state index is -0.845. The summed E-state index contributed by atoms with van der Waals surface area (Å²) in [4.78, 5) is 0. The lowest BCUT2D eigenvalue weighted by atomic mass is 10.1. The van der Waals surface area contributed by atoms with Gasteiger partial charge in [0.05, 0.1) is 18.8 Å². The van der Waals surface area contributed by atoms with Crippen molar-refractivity contribution in [2.75, 3.05) is 6.61 Å². The molecule has 0 saturated carbocycles. The van der Waals surface area contributed by atoms with Gasteiger partial charge < -0.3 is 35.0 Å². The molecule has 1 aliphatic heterocycles. The Labute approximate surface area is 156 Å². The van der Waals surface area contributed by atoms with E-state index in [1.165, 1.54) is 6.07 Å². The van der Waals surface area contributed by atoms with Gasteiger partial charge in [0.25, 0.3) is 0 Å². The normalized spacial score (nSPS) is 22.8. The summed E-state index contributed by atoms with van der Waals surface area (Å²) in [5.41, 5.74) is 1.20. The summed E-state index contributed by atoms with van der Waals surface area (Å²) in [5.74, 6) is -0.163. The van der Waals surface area contributed by atoms with Crippen LogP contribution in [0.2, 0.25) is 0 Å². The zero-order valence-electron chi connectivity index (χ0n) is 14.5. The molecule has 1 aliphatic rings. The molecule has 3 unspecified atom stereocenters. The largest absolute Gasteiger partial charge is 0.508 e. The van der Waals surface area contributed by atoms with Gasteiger partial charge in [-0.3, -0.25) is 0 Å². The van der Waals surface area contributed by atoms with Crippen molar-refractivity contribution in [2.24, 2.45) is 0 Å². The predicted molar refractivity (Wildman–Crippen MR) is 98.4 cm³/mol. The highest BCUT2D eigenvalue weighted by Crippen LogP contribution is 2.37. The molecular weight excluding hydrogens is 352 g/mol. The van der Waals surface area contributed by atoms with Crippen molar-refractivity contribution in [1.29, 1.82) is 0 Å². The van der Waals surface area contributed by atoms with E-state index >= 15 is 0 Å². The van der Waals surface area contributed by atoms with E-state index in [9.17, 15) is 25.5 Å². The number of rotatable bonds is 5. The lowest BCUT2D eigenvalue weighted by Gasteiger charge is -2.32. The molecule has 0 amide bonds. The summed E-state index contributed by atoms with van der Waals surface area (Å²) in [6.45, 7) is -0.244. The van der Waals surface area contributed by atoms with Crippen LogP contribution in [0.1, 0.15) is 24.0 Å². The fraction of sp³-hybridized carbons (Fsp3) is 0.300. The van der Waals surface area contributed by atoms with Crippen LogP contribution in [0.5, 0.6) is 23.0 Å². The number of hydrogen-bond donors (Lipinski definition) is 5. The second kappa shape index (κ2) is 8.30. The third kappa shape index (κ3) is 4.91. The third-order valence-corrected chi connectivity index (χ3v) is 4.23. The van der Waals surface area contributed by atoms with Gasteiger partial charge in [-0.1, -0.05) is 24.3 Å². The lowest BCUT2D eigenvalue weighted by molar-refractivity contribution is -0.185. The van der Waals surface area contributed by atoms with E-state index in [4.69, 9.17) is 9.47 Å². The quantitative estimate of drug-likeness (QED) is 0.509. The molecule has 0 aromatic heterocycles. The SMILES string of the molecule is OCC1CC(O)CC(Oc2c(O)cc(O)cc2/C=C/c2ccc(O)cc2)O1. The molecule has 27 heavy (non-hydrogen) atoms. The maximum absolute atomic E-state index is 10.2. The van der Waals surface area contributed by atoms with E-state index < -0.39 is 18.5 Å². The van der Waals surface area contributed by atoms with Crippen molar-refractivity contribution in [2.45, 2.75) is 31.3 Å². The van der Waals surface area contributed by atoms with E-state index in [0.717, 1.165) is 11.6 Å². The first-order valence-electron chi connectivity index (χ1n) is 8.58. The maximum atomic E-state index is 10.2. The molecule has 1 fully saturated rings. The zero-order valence-corrected chi connectivity index (χ0v) is 14.5. The molecule has 7 heteroatoms. The molecule has 0 bridgehead atoms. The second-order valence-electron chi connectivity index (χ2n) is 6.42. The van der Waals surface area contributed by atoms with E-state index in [2.05, 4.69) is 0 Å². The molecule has 0 radical (unpaired) electrons. The van der Waals surface area contributed by atoms with E-state index in [0.29, 0.717) is 12.0 Å². The Morgan fingerprint density at radius 3 is 2.44 bits per heavy atom. The Morgan fingerprint density at radius 2 is 1.74 bits per heavy atom. The zero-order chi connectivity index (χ0) is 19.4. The Balaban J connectivity index is 1.85. The minimum absolute atomic E-state index is 0.0959. The first-order chi connectivity index (χ1) is 12.9. The van der Waals surface area contributed by atoms with Crippen molar-refractivity contribution < 1.29 is 35.0 Å². The van der Waals surface area contributed by atoms with Crippen LogP contribution in [-0.2, 0) is 4.74 Å². The molecule has 1 saturated heterocycles. The number of aliphatic hydroxyl groups is 2. The first-order valence-corrected chi connectivity index (χ1v) is 8.58. The minimum Gasteiger partial charge on any atom is -0.508 e. The van der Waals surface area contributed by atoms with Gasteiger partial charge in [0.2, 0.25) is 6.29 Å². The predicted octanol–water partition coefficient (Wildman–Crippen LogP) is 2.21. The average molecular weight is 374 g/mol. The molecule has 1 heterocycles. The molecule has 5 N–H and O–H groups in total. The molecule has 3 atom stereocenters. The van der Waals surface area contributed by atoms with Gasteiger partial charge in [-0.05, 0) is 23.8 Å². The molecule has 144 valence electrons. The maximum Gasteiger partial charge on any atom is 0.202 e. The van der Waals surface area contributed by atoms with Crippen LogP contribution in [0.3, 0.4) is 0 Å². The highest BCUT2D eigenvalue weighted by atomic mass is 16.7. The topological polar surface area (TPSA) is 120 Å². The van der Waals surface area contributed by atoms with E-state index in [1.54, 1.807) is 36.4 Å². The van der Waals surface area contributed by atoms with Crippen LogP contribution in [0.25, 0.3) is 12.2 Å². The summed E-state index contributed by atoms with van der Waals surface area (Å²) in [5, 5.41) is 48.5. The van der Waals surface area contributed by atoms with Gasteiger partial charge in [0.15, 0.2) is 11.5 Å². The van der Waals surface area contributed by atoms with E-state index in [1.807, 2.05) is 0 Å². The summed E-state index contributed by atoms with van der Waals surface area (Å²) in [7, 11) is 0. The Morgan fingerprint density at radius 1 is 1.00 bits per heavy atom. The summed E-state index contributed by atoms with van der Waals surface area (Å²) in [6, 6.07) is 9.08. The van der Waals surface area contributed by atoms with Crippen LogP contribution in [0, 0.1) is 0 Å². The third-order valence-electron chi connectivity index (χ3n) is 4.23. The lowest BCUT2D eigenvalue weighted by Crippen LogP contribution is -2.40. The Bertz CT molecular complexity index is 801. The number of hydrogen-bond acceptors (Lipinski definition) is 7. The highest BCUT2D eigenvalue weighted by molar-refractivity contribution is 5.75. The van der Waals surface area contributed by atoms with Gasteiger partial charge in [-0.2, -0.15) is 0 Å². The monoisotopic (exact) mass is 374 g/mol. The number of aromatic hydroxyl groups is 3. The second-order valence-corrected chi connectivity index (χ2v) is 6.42. The van der Waals surface area contributed by atoms with Crippen LogP contribution in [0.15, 0.2) is 36.4 Å². The molecular formula is C20H22O7. The smallest absolute Gasteiger partial charge is 0.202 e. The molecule has 0 spiro atoms. The Kier molecular flexibility index (Phi) is 5.85. The van der Waals surface area contributed by atoms with Gasteiger partial charge >= 0.3 is 0 Å². The van der Waals surface area contributed by atoms with Gasteiger partial charge in [-0.15, -0.1) is 0 Å². The van der Waals surface area contributed by atoms with Crippen LogP contribution < -0.4 is 4.74 Å². The van der Waals surface area contributed by atoms with Crippen molar-refractivity contribution in [3.8, 4) is 23.0 Å². The number of ether oxygens (including phenoxy) is 2. The summed E-state index contributed by atoms with van der Waals surface area (Å²) in [6.07, 6.45) is 1.80. The van der Waals surface area contributed by atoms with E-state index in [-0.39, 0.29) is 36.0 Å². The Hall–Kier alpha value is -2.74. The van der Waals surface area contributed by atoms with Crippen molar-refractivity contribution in [3.05, 3.63) is 47.5 Å².